The van der Waals surface area contributed by atoms with E-state index in [-0.39, 0.29) is 5.41 Å². The van der Waals surface area contributed by atoms with Gasteiger partial charge in [-0.2, -0.15) is 0 Å². The van der Waals surface area contributed by atoms with E-state index in [9.17, 15) is 0 Å². The predicted molar refractivity (Wildman–Crippen MR) is 103 cm³/mol. The summed E-state index contributed by atoms with van der Waals surface area (Å²) in [6, 6.07) is 27.1. The summed E-state index contributed by atoms with van der Waals surface area (Å²) in [5.41, 5.74) is 3.24. The van der Waals surface area contributed by atoms with Crippen molar-refractivity contribution in [1.82, 2.24) is 0 Å². The molecule has 2 nitrogen and oxygen atoms in total. The first-order valence-corrected chi connectivity index (χ1v) is 9.34. The lowest BCUT2D eigenvalue weighted by molar-refractivity contribution is -0.161. The summed E-state index contributed by atoms with van der Waals surface area (Å²) in [6.07, 6.45) is 1.59. The number of hydrogen-bond acceptors (Lipinski definition) is 2. The number of fused-ring (bicyclic) bond motifs is 1. The highest BCUT2D eigenvalue weighted by Crippen LogP contribution is 2.56. The van der Waals surface area contributed by atoms with E-state index in [0.29, 0.717) is 18.1 Å². The third-order valence-electron chi connectivity index (χ3n) is 5.72. The van der Waals surface area contributed by atoms with Crippen LogP contribution in [0.15, 0.2) is 78.9 Å². The average molecular weight is 363 g/mol. The van der Waals surface area contributed by atoms with Gasteiger partial charge in [-0.05, 0) is 29.7 Å². The van der Waals surface area contributed by atoms with Crippen molar-refractivity contribution < 1.29 is 9.47 Å². The summed E-state index contributed by atoms with van der Waals surface area (Å²) in [4.78, 5) is 0. The van der Waals surface area contributed by atoms with Gasteiger partial charge in [0.05, 0.1) is 12.0 Å². The van der Waals surface area contributed by atoms with E-state index in [1.807, 2.05) is 12.1 Å². The van der Waals surface area contributed by atoms with Crippen LogP contribution in [-0.2, 0) is 16.6 Å². The molecule has 2 aliphatic rings. The molecule has 0 saturated carbocycles. The summed E-state index contributed by atoms with van der Waals surface area (Å²) in [5, 5.41) is 0.684. The van der Waals surface area contributed by atoms with Crippen molar-refractivity contribution in [2.24, 2.45) is 0 Å². The van der Waals surface area contributed by atoms with Crippen LogP contribution >= 0.6 is 11.6 Å². The van der Waals surface area contributed by atoms with Crippen molar-refractivity contribution in [3.63, 3.8) is 0 Å². The Hall–Kier alpha value is -2.29. The zero-order valence-corrected chi connectivity index (χ0v) is 15.1. The minimum atomic E-state index is -0.747. The van der Waals surface area contributed by atoms with Crippen molar-refractivity contribution >= 4 is 11.6 Å². The van der Waals surface area contributed by atoms with Gasteiger partial charge in [0, 0.05) is 17.0 Å². The van der Waals surface area contributed by atoms with Gasteiger partial charge in [0.15, 0.2) is 0 Å². The first kappa shape index (κ1) is 15.9. The minimum absolute atomic E-state index is 0.360. The molecule has 3 heteroatoms. The van der Waals surface area contributed by atoms with Crippen LogP contribution in [0.25, 0.3) is 0 Å². The van der Waals surface area contributed by atoms with Crippen molar-refractivity contribution in [2.75, 3.05) is 6.61 Å². The Balaban J connectivity index is 1.73. The summed E-state index contributed by atoms with van der Waals surface area (Å²) < 4.78 is 12.9. The predicted octanol–water partition coefficient (Wildman–Crippen LogP) is 5.38. The Kier molecular flexibility index (Phi) is 3.59. The zero-order valence-electron chi connectivity index (χ0n) is 14.3. The molecule has 26 heavy (non-hydrogen) atoms. The lowest BCUT2D eigenvalue weighted by Crippen LogP contribution is -2.53. The fraction of sp³-hybridized carbons (Fsp3) is 0.217. The van der Waals surface area contributed by atoms with E-state index in [1.54, 1.807) is 0 Å². The lowest BCUT2D eigenvalue weighted by Gasteiger charge is -2.42. The molecule has 2 heterocycles. The van der Waals surface area contributed by atoms with Crippen molar-refractivity contribution in [3.05, 3.63) is 101 Å². The SMILES string of the molecule is Clc1ccc2c(c1)OC1(C2)OCCC1(c1ccccc1)c1ccccc1. The lowest BCUT2D eigenvalue weighted by atomic mass is 9.66. The maximum Gasteiger partial charge on any atom is 0.228 e. The van der Waals surface area contributed by atoms with Crippen LogP contribution in [0.4, 0.5) is 0 Å². The third kappa shape index (κ3) is 2.16. The molecule has 1 saturated heterocycles. The molecule has 0 amide bonds. The average Bonchev–Trinajstić information content (AvgIpc) is 3.24. The van der Waals surface area contributed by atoms with Crippen LogP contribution in [-0.4, -0.2) is 12.4 Å². The standard InChI is InChI=1S/C23H19ClO2/c24-20-12-11-17-16-23(26-21(17)15-20)22(13-14-25-23,18-7-3-1-4-8-18)19-9-5-2-6-10-19/h1-12,15H,13-14,16H2. The highest BCUT2D eigenvalue weighted by atomic mass is 35.5. The quantitative estimate of drug-likeness (QED) is 0.609. The molecule has 130 valence electrons. The molecule has 3 aromatic rings. The molecular formula is C23H19ClO2. The third-order valence-corrected chi connectivity index (χ3v) is 5.96. The van der Waals surface area contributed by atoms with Gasteiger partial charge >= 0.3 is 0 Å². The monoisotopic (exact) mass is 362 g/mol. The molecule has 1 spiro atoms. The first-order valence-electron chi connectivity index (χ1n) is 8.96. The largest absolute Gasteiger partial charge is 0.460 e. The van der Waals surface area contributed by atoms with Crippen LogP contribution in [0.3, 0.4) is 0 Å². The molecule has 0 N–H and O–H groups in total. The Morgan fingerprint density at radius 2 is 1.46 bits per heavy atom. The Morgan fingerprint density at radius 3 is 2.12 bits per heavy atom. The van der Waals surface area contributed by atoms with Gasteiger partial charge in [-0.1, -0.05) is 78.3 Å². The molecule has 0 aromatic heterocycles. The second-order valence-electron chi connectivity index (χ2n) is 7.02. The Labute approximate surface area is 158 Å². The van der Waals surface area contributed by atoms with Crippen LogP contribution in [0.1, 0.15) is 23.1 Å². The van der Waals surface area contributed by atoms with E-state index >= 15 is 0 Å². The fourth-order valence-corrected chi connectivity index (χ4v) is 4.74. The molecule has 2 aliphatic heterocycles. The number of rotatable bonds is 2. The van der Waals surface area contributed by atoms with Crippen LogP contribution in [0.2, 0.25) is 5.02 Å². The smallest absolute Gasteiger partial charge is 0.228 e. The summed E-state index contributed by atoms with van der Waals surface area (Å²) >= 11 is 6.20. The Morgan fingerprint density at radius 1 is 0.808 bits per heavy atom. The van der Waals surface area contributed by atoms with E-state index in [4.69, 9.17) is 21.1 Å². The fourth-order valence-electron chi connectivity index (χ4n) is 4.58. The second kappa shape index (κ2) is 5.87. The maximum absolute atomic E-state index is 6.55. The first-order chi connectivity index (χ1) is 12.7. The van der Waals surface area contributed by atoms with Gasteiger partial charge in [-0.3, -0.25) is 0 Å². The molecule has 1 atom stereocenters. The molecule has 3 aromatic carbocycles. The van der Waals surface area contributed by atoms with Crippen LogP contribution < -0.4 is 4.74 Å². The number of ether oxygens (including phenoxy) is 2. The number of halogens is 1. The van der Waals surface area contributed by atoms with E-state index in [1.165, 1.54) is 11.1 Å². The molecule has 0 bridgehead atoms. The summed E-state index contributed by atoms with van der Waals surface area (Å²) in [5.74, 6) is 0.0820. The minimum Gasteiger partial charge on any atom is -0.460 e. The van der Waals surface area contributed by atoms with Gasteiger partial charge in [0.25, 0.3) is 0 Å². The number of benzene rings is 3. The van der Waals surface area contributed by atoms with Gasteiger partial charge < -0.3 is 9.47 Å². The highest BCUT2D eigenvalue weighted by Gasteiger charge is 2.62. The highest BCUT2D eigenvalue weighted by molar-refractivity contribution is 6.30. The molecule has 1 unspecified atom stereocenters. The number of hydrogen-bond donors (Lipinski definition) is 0. The Bertz CT molecular complexity index is 899. The zero-order chi connectivity index (χ0) is 17.6. The maximum atomic E-state index is 6.55. The van der Waals surface area contributed by atoms with Gasteiger partial charge in [0.1, 0.15) is 5.75 Å². The van der Waals surface area contributed by atoms with Crippen molar-refractivity contribution in [1.29, 1.82) is 0 Å². The second-order valence-corrected chi connectivity index (χ2v) is 7.46. The van der Waals surface area contributed by atoms with Gasteiger partial charge in [-0.25, -0.2) is 0 Å². The van der Waals surface area contributed by atoms with Gasteiger partial charge in [0.2, 0.25) is 5.79 Å². The molecule has 0 aliphatic carbocycles. The molecular weight excluding hydrogens is 344 g/mol. The normalized spacial score (nSPS) is 23.0. The summed E-state index contributed by atoms with van der Waals surface area (Å²) in [6.45, 7) is 0.658. The van der Waals surface area contributed by atoms with Crippen LogP contribution in [0, 0.1) is 0 Å². The van der Waals surface area contributed by atoms with Crippen molar-refractivity contribution in [3.8, 4) is 5.75 Å². The van der Waals surface area contributed by atoms with E-state index in [2.05, 4.69) is 66.7 Å². The topological polar surface area (TPSA) is 18.5 Å². The van der Waals surface area contributed by atoms with Gasteiger partial charge in [-0.15, -0.1) is 0 Å². The van der Waals surface area contributed by atoms with E-state index < -0.39 is 5.79 Å². The summed E-state index contributed by atoms with van der Waals surface area (Å²) in [7, 11) is 0. The van der Waals surface area contributed by atoms with Crippen LogP contribution in [0.5, 0.6) is 5.75 Å². The molecule has 1 fully saturated rings. The molecule has 0 radical (unpaired) electrons. The van der Waals surface area contributed by atoms with E-state index in [0.717, 1.165) is 17.7 Å². The molecule has 5 rings (SSSR count). The van der Waals surface area contributed by atoms with Crippen molar-refractivity contribution in [2.45, 2.75) is 24.0 Å².